The molecule has 1 aliphatic rings. The second-order valence-corrected chi connectivity index (χ2v) is 6.76. The maximum atomic E-state index is 12.2. The third kappa shape index (κ3) is 3.94. The number of rotatable bonds is 5. The molecular weight excluding hydrogens is 420 g/mol. The lowest BCUT2D eigenvalue weighted by Crippen LogP contribution is -1.98. The van der Waals surface area contributed by atoms with Gasteiger partial charge in [-0.15, -0.1) is 0 Å². The van der Waals surface area contributed by atoms with Gasteiger partial charge >= 0.3 is 5.97 Å². The predicted molar refractivity (Wildman–Crippen MR) is 105 cm³/mol. The van der Waals surface area contributed by atoms with Gasteiger partial charge in [0.05, 0.1) is 23.8 Å². The summed E-state index contributed by atoms with van der Waals surface area (Å²) in [5.74, 6) is 1.30. The van der Waals surface area contributed by atoms with E-state index in [9.17, 15) is 4.79 Å². The smallest absolute Gasteiger partial charge is 0.343 e. The van der Waals surface area contributed by atoms with Crippen molar-refractivity contribution in [3.8, 4) is 11.5 Å². The summed E-state index contributed by atoms with van der Waals surface area (Å²) < 4.78 is 17.1. The third-order valence-corrected chi connectivity index (χ3v) is 4.56. The predicted octanol–water partition coefficient (Wildman–Crippen LogP) is 5.49. The average Bonchev–Trinajstić information content (AvgIpc) is 2.98. The number of hydrogen-bond donors (Lipinski definition) is 0. The van der Waals surface area contributed by atoms with Crippen molar-refractivity contribution in [2.45, 2.75) is 6.92 Å². The Morgan fingerprint density at radius 1 is 1.23 bits per heavy atom. The van der Waals surface area contributed by atoms with Crippen LogP contribution in [0.5, 0.6) is 11.5 Å². The molecule has 0 spiro atoms. The van der Waals surface area contributed by atoms with Gasteiger partial charge in [-0.05, 0) is 77.0 Å². The third-order valence-electron chi connectivity index (χ3n) is 3.72. The molecule has 1 heterocycles. The normalized spacial score (nSPS) is 15.0. The van der Waals surface area contributed by atoms with Crippen LogP contribution >= 0.6 is 27.5 Å². The van der Waals surface area contributed by atoms with Gasteiger partial charge in [0.1, 0.15) is 5.76 Å². The highest BCUT2D eigenvalue weighted by Crippen LogP contribution is 2.38. The van der Waals surface area contributed by atoms with Crippen molar-refractivity contribution in [2.24, 2.45) is 0 Å². The second kappa shape index (κ2) is 7.98. The summed E-state index contributed by atoms with van der Waals surface area (Å²) in [5, 5.41) is 0.626. The molecule has 0 saturated heterocycles. The summed E-state index contributed by atoms with van der Waals surface area (Å²) in [6.45, 7) is 2.42. The number of cyclic esters (lactones) is 1. The number of hydrogen-bond acceptors (Lipinski definition) is 4. The van der Waals surface area contributed by atoms with Gasteiger partial charge in [0.25, 0.3) is 0 Å². The summed E-state index contributed by atoms with van der Waals surface area (Å²) in [5.41, 5.74) is 2.03. The minimum absolute atomic E-state index is 0.404. The average molecular weight is 436 g/mol. The van der Waals surface area contributed by atoms with E-state index in [0.717, 1.165) is 15.6 Å². The first-order chi connectivity index (χ1) is 12.5. The van der Waals surface area contributed by atoms with Crippen LogP contribution in [-0.2, 0) is 9.53 Å². The molecule has 134 valence electrons. The summed E-state index contributed by atoms with van der Waals surface area (Å²) in [7, 11) is 1.57. The number of methoxy groups -OCH3 is 1. The Morgan fingerprint density at radius 3 is 2.62 bits per heavy atom. The molecule has 0 fully saturated rings. The number of carbonyl (C=O) groups excluding carboxylic acids is 1. The van der Waals surface area contributed by atoms with Gasteiger partial charge in [-0.2, -0.15) is 0 Å². The highest BCUT2D eigenvalue weighted by atomic mass is 79.9. The Kier molecular flexibility index (Phi) is 5.69. The van der Waals surface area contributed by atoms with Gasteiger partial charge in [0.2, 0.25) is 0 Å². The van der Waals surface area contributed by atoms with Gasteiger partial charge in [0.15, 0.2) is 11.5 Å². The molecule has 0 unspecified atom stereocenters. The first-order valence-corrected chi connectivity index (χ1v) is 9.10. The molecule has 4 nitrogen and oxygen atoms in total. The zero-order chi connectivity index (χ0) is 18.7. The molecule has 6 heteroatoms. The topological polar surface area (TPSA) is 44.8 Å². The molecule has 2 aromatic rings. The molecule has 0 amide bonds. The zero-order valence-corrected chi connectivity index (χ0v) is 16.6. The van der Waals surface area contributed by atoms with Crippen LogP contribution in [0.25, 0.3) is 11.8 Å². The fourth-order valence-electron chi connectivity index (χ4n) is 2.53. The fourth-order valence-corrected chi connectivity index (χ4v) is 3.23. The van der Waals surface area contributed by atoms with Crippen LogP contribution in [0, 0.1) is 0 Å². The van der Waals surface area contributed by atoms with Crippen molar-refractivity contribution < 1.29 is 19.0 Å². The fraction of sp³-hybridized carbons (Fsp3) is 0.150. The lowest BCUT2D eigenvalue weighted by Gasteiger charge is -2.12. The number of ether oxygens (including phenoxy) is 3. The molecule has 0 aromatic heterocycles. The molecule has 3 rings (SSSR count). The quantitative estimate of drug-likeness (QED) is 0.460. The zero-order valence-electron chi connectivity index (χ0n) is 14.2. The number of halogens is 2. The van der Waals surface area contributed by atoms with E-state index in [1.54, 1.807) is 43.5 Å². The van der Waals surface area contributed by atoms with Crippen LogP contribution in [0.4, 0.5) is 0 Å². The lowest BCUT2D eigenvalue weighted by molar-refractivity contribution is -0.130. The molecule has 0 bridgehead atoms. The van der Waals surface area contributed by atoms with E-state index in [1.165, 1.54) is 0 Å². The van der Waals surface area contributed by atoms with Crippen LogP contribution < -0.4 is 9.47 Å². The second-order valence-electron chi connectivity index (χ2n) is 5.47. The number of carbonyl (C=O) groups is 1. The van der Waals surface area contributed by atoms with Crippen LogP contribution in [0.2, 0.25) is 5.02 Å². The van der Waals surface area contributed by atoms with Gasteiger partial charge in [-0.25, -0.2) is 4.79 Å². The maximum absolute atomic E-state index is 12.2. The minimum atomic E-state index is -0.404. The monoisotopic (exact) mass is 434 g/mol. The standard InChI is InChI=1S/C20H16BrClO4/c1-3-25-19-16(21)9-12(10-18(19)24-2)8-14-11-17(26-20(14)23)13-4-6-15(22)7-5-13/h4-11H,3H2,1-2H3/b14-8+. The highest BCUT2D eigenvalue weighted by molar-refractivity contribution is 9.10. The van der Waals surface area contributed by atoms with Crippen molar-refractivity contribution >= 4 is 45.3 Å². The lowest BCUT2D eigenvalue weighted by atomic mass is 10.1. The molecule has 26 heavy (non-hydrogen) atoms. The summed E-state index contributed by atoms with van der Waals surface area (Å²) in [6.07, 6.45) is 3.46. The molecule has 0 atom stereocenters. The van der Waals surface area contributed by atoms with Crippen molar-refractivity contribution in [1.82, 2.24) is 0 Å². The number of benzene rings is 2. The largest absolute Gasteiger partial charge is 0.493 e. The molecule has 0 aliphatic carbocycles. The Labute approximate surface area is 165 Å². The van der Waals surface area contributed by atoms with E-state index in [2.05, 4.69) is 15.9 Å². The first kappa shape index (κ1) is 18.5. The van der Waals surface area contributed by atoms with Crippen molar-refractivity contribution in [1.29, 1.82) is 0 Å². The summed E-state index contributed by atoms with van der Waals surface area (Å²) in [4.78, 5) is 12.2. The molecule has 0 radical (unpaired) electrons. The van der Waals surface area contributed by atoms with E-state index < -0.39 is 5.97 Å². The summed E-state index contributed by atoms with van der Waals surface area (Å²) in [6, 6.07) is 10.8. The van der Waals surface area contributed by atoms with Crippen LogP contribution in [0.15, 0.2) is 52.5 Å². The van der Waals surface area contributed by atoms with E-state index in [0.29, 0.717) is 34.5 Å². The van der Waals surface area contributed by atoms with E-state index >= 15 is 0 Å². The Morgan fingerprint density at radius 2 is 1.96 bits per heavy atom. The number of esters is 1. The van der Waals surface area contributed by atoms with Gasteiger partial charge in [0, 0.05) is 10.6 Å². The first-order valence-electron chi connectivity index (χ1n) is 7.93. The maximum Gasteiger partial charge on any atom is 0.343 e. The minimum Gasteiger partial charge on any atom is -0.493 e. The molecular formula is C20H16BrClO4. The molecule has 1 aliphatic heterocycles. The SMILES string of the molecule is CCOc1c(Br)cc(/C=C2\C=C(c3ccc(Cl)cc3)OC2=O)cc1OC. The van der Waals surface area contributed by atoms with Gasteiger partial charge in [-0.3, -0.25) is 0 Å². The van der Waals surface area contributed by atoms with Crippen molar-refractivity contribution in [2.75, 3.05) is 13.7 Å². The molecule has 0 saturated carbocycles. The van der Waals surface area contributed by atoms with Crippen LogP contribution in [0.1, 0.15) is 18.1 Å². The molecule has 2 aromatic carbocycles. The Hall–Kier alpha value is -2.24. The Balaban J connectivity index is 1.95. The summed E-state index contributed by atoms with van der Waals surface area (Å²) >= 11 is 9.38. The van der Waals surface area contributed by atoms with Crippen LogP contribution in [0.3, 0.4) is 0 Å². The van der Waals surface area contributed by atoms with Crippen molar-refractivity contribution in [3.63, 3.8) is 0 Å². The highest BCUT2D eigenvalue weighted by Gasteiger charge is 2.22. The molecule has 0 N–H and O–H groups in total. The van der Waals surface area contributed by atoms with Crippen LogP contribution in [-0.4, -0.2) is 19.7 Å². The van der Waals surface area contributed by atoms with E-state index in [4.69, 9.17) is 25.8 Å². The van der Waals surface area contributed by atoms with Gasteiger partial charge < -0.3 is 14.2 Å². The Bertz CT molecular complexity index is 901. The van der Waals surface area contributed by atoms with E-state index in [-0.39, 0.29) is 0 Å². The van der Waals surface area contributed by atoms with Gasteiger partial charge in [-0.1, -0.05) is 11.6 Å². The van der Waals surface area contributed by atoms with Crippen molar-refractivity contribution in [3.05, 3.63) is 68.7 Å². The van der Waals surface area contributed by atoms with E-state index in [1.807, 2.05) is 19.1 Å².